The Morgan fingerprint density at radius 2 is 1.43 bits per heavy atom. The molecular formula is C24H36N2O2. The highest BCUT2D eigenvalue weighted by molar-refractivity contribution is 6.26. The lowest BCUT2D eigenvalue weighted by Gasteiger charge is -2.13. The number of hydrogen-bond donors (Lipinski definition) is 0. The second-order valence-corrected chi connectivity index (χ2v) is 7.91. The van der Waals surface area contributed by atoms with Gasteiger partial charge in [0.25, 0.3) is 5.91 Å². The fraction of sp³-hybridized carbons (Fsp3) is 0.625. The predicted molar refractivity (Wildman–Crippen MR) is 117 cm³/mol. The van der Waals surface area contributed by atoms with Gasteiger partial charge in [-0.2, -0.15) is 10.1 Å². The lowest BCUT2D eigenvalue weighted by atomic mass is 9.94. The van der Waals surface area contributed by atoms with Crippen LogP contribution in [0, 0.1) is 5.92 Å². The third-order valence-electron chi connectivity index (χ3n) is 5.48. The molecule has 1 aromatic rings. The lowest BCUT2D eigenvalue weighted by Crippen LogP contribution is -2.32. The summed E-state index contributed by atoms with van der Waals surface area (Å²) in [5.41, 5.74) is 1.33. The molecule has 0 aromatic heterocycles. The Morgan fingerprint density at radius 3 is 2.00 bits per heavy atom. The normalized spacial score (nSPS) is 16.5. The first-order chi connectivity index (χ1) is 13.6. The monoisotopic (exact) mass is 384 g/mol. The fourth-order valence-electron chi connectivity index (χ4n) is 3.80. The van der Waals surface area contributed by atoms with Gasteiger partial charge < -0.3 is 0 Å². The summed E-state index contributed by atoms with van der Waals surface area (Å²) in [5.74, 6) is -0.888. The Balaban J connectivity index is 1.61. The third-order valence-corrected chi connectivity index (χ3v) is 5.48. The SMILES string of the molecule is CCCCCCCCCCCCCC(=O)C1C(=O)N(c2ccccc2)N=C1C. The maximum atomic E-state index is 12.6. The molecule has 1 aliphatic rings. The Bertz CT molecular complexity index is 639. The second kappa shape index (κ2) is 12.5. The van der Waals surface area contributed by atoms with Crippen molar-refractivity contribution < 1.29 is 9.59 Å². The molecule has 0 saturated carbocycles. The molecule has 154 valence electrons. The number of carbonyl (C=O) groups is 2. The molecule has 4 nitrogen and oxygen atoms in total. The van der Waals surface area contributed by atoms with E-state index < -0.39 is 5.92 Å². The molecule has 0 saturated heterocycles. The minimum atomic E-state index is -0.691. The number of hydrogen-bond acceptors (Lipinski definition) is 3. The Morgan fingerprint density at radius 1 is 0.893 bits per heavy atom. The van der Waals surface area contributed by atoms with Crippen LogP contribution in [0.3, 0.4) is 0 Å². The zero-order chi connectivity index (χ0) is 20.2. The van der Waals surface area contributed by atoms with E-state index in [4.69, 9.17) is 0 Å². The molecule has 4 heteroatoms. The van der Waals surface area contributed by atoms with Gasteiger partial charge in [-0.15, -0.1) is 0 Å². The second-order valence-electron chi connectivity index (χ2n) is 7.91. The number of nitrogens with zero attached hydrogens (tertiary/aromatic N) is 2. The van der Waals surface area contributed by atoms with E-state index in [1.54, 1.807) is 6.92 Å². The molecular weight excluding hydrogens is 348 g/mol. The third kappa shape index (κ3) is 6.88. The molecule has 1 aliphatic heterocycles. The molecule has 1 atom stereocenters. The largest absolute Gasteiger partial charge is 0.298 e. The fourth-order valence-corrected chi connectivity index (χ4v) is 3.80. The summed E-state index contributed by atoms with van der Waals surface area (Å²) in [4.78, 5) is 25.2. The van der Waals surface area contributed by atoms with E-state index in [-0.39, 0.29) is 11.7 Å². The van der Waals surface area contributed by atoms with Gasteiger partial charge in [0, 0.05) is 6.42 Å². The van der Waals surface area contributed by atoms with Gasteiger partial charge in [0.15, 0.2) is 5.78 Å². The van der Waals surface area contributed by atoms with E-state index in [2.05, 4.69) is 12.0 Å². The van der Waals surface area contributed by atoms with E-state index in [0.717, 1.165) is 18.5 Å². The zero-order valence-corrected chi connectivity index (χ0v) is 17.7. The standard InChI is InChI=1S/C24H36N2O2/c1-3-4-5-6-7-8-9-10-11-12-16-19-22(27)23-20(2)25-26(24(23)28)21-17-14-13-15-18-21/h13-15,17-18,23H,3-12,16,19H2,1-2H3. The number of hydrazone groups is 1. The highest BCUT2D eigenvalue weighted by atomic mass is 16.2. The first kappa shape index (κ1) is 22.3. The summed E-state index contributed by atoms with van der Waals surface area (Å²) in [5, 5.41) is 5.70. The van der Waals surface area contributed by atoms with Gasteiger partial charge in [-0.3, -0.25) is 9.59 Å². The number of carbonyl (C=O) groups excluding carboxylic acids is 2. The van der Waals surface area contributed by atoms with Crippen LogP contribution in [-0.4, -0.2) is 17.4 Å². The van der Waals surface area contributed by atoms with E-state index in [1.807, 2.05) is 30.3 Å². The quantitative estimate of drug-likeness (QED) is 0.279. The molecule has 0 radical (unpaired) electrons. The Hall–Kier alpha value is -1.97. The molecule has 28 heavy (non-hydrogen) atoms. The number of Topliss-reactive ketones (excluding diaryl/α,β-unsaturated/α-hetero) is 1. The topological polar surface area (TPSA) is 49.7 Å². The molecule has 2 rings (SSSR count). The van der Waals surface area contributed by atoms with Gasteiger partial charge in [-0.1, -0.05) is 89.3 Å². The molecule has 1 amide bonds. The number of para-hydroxylation sites is 1. The van der Waals surface area contributed by atoms with Crippen LogP contribution in [0.4, 0.5) is 5.69 Å². The summed E-state index contributed by atoms with van der Waals surface area (Å²) < 4.78 is 0. The Labute approximate surface area is 170 Å². The molecule has 0 aliphatic carbocycles. The number of amides is 1. The minimum absolute atomic E-state index is 0.0144. The molecule has 0 bridgehead atoms. The maximum Gasteiger partial charge on any atom is 0.263 e. The van der Waals surface area contributed by atoms with Gasteiger partial charge in [0.2, 0.25) is 0 Å². The molecule has 0 spiro atoms. The van der Waals surface area contributed by atoms with E-state index in [1.165, 1.54) is 62.8 Å². The smallest absolute Gasteiger partial charge is 0.263 e. The number of rotatable bonds is 14. The molecule has 0 N–H and O–H groups in total. The maximum absolute atomic E-state index is 12.6. The summed E-state index contributed by atoms with van der Waals surface area (Å²) in [6.45, 7) is 4.03. The first-order valence-corrected chi connectivity index (χ1v) is 11.1. The summed E-state index contributed by atoms with van der Waals surface area (Å²) in [7, 11) is 0. The molecule has 0 fully saturated rings. The Kier molecular flexibility index (Phi) is 9.95. The van der Waals surface area contributed by atoms with Crippen molar-refractivity contribution in [3.63, 3.8) is 0 Å². The molecule has 1 heterocycles. The van der Waals surface area contributed by atoms with Crippen molar-refractivity contribution in [2.75, 3.05) is 5.01 Å². The van der Waals surface area contributed by atoms with Crippen molar-refractivity contribution in [2.24, 2.45) is 11.0 Å². The zero-order valence-electron chi connectivity index (χ0n) is 17.7. The van der Waals surface area contributed by atoms with Crippen LogP contribution >= 0.6 is 0 Å². The van der Waals surface area contributed by atoms with Crippen LogP contribution in [0.2, 0.25) is 0 Å². The van der Waals surface area contributed by atoms with Gasteiger partial charge in [-0.25, -0.2) is 0 Å². The number of benzene rings is 1. The van der Waals surface area contributed by atoms with Gasteiger partial charge in [0.1, 0.15) is 5.92 Å². The van der Waals surface area contributed by atoms with Crippen molar-refractivity contribution in [2.45, 2.75) is 90.9 Å². The van der Waals surface area contributed by atoms with Crippen molar-refractivity contribution >= 4 is 23.1 Å². The van der Waals surface area contributed by atoms with Crippen LogP contribution in [0.25, 0.3) is 0 Å². The van der Waals surface area contributed by atoms with E-state index in [0.29, 0.717) is 12.1 Å². The predicted octanol–water partition coefficient (Wildman–Crippen LogP) is 6.30. The van der Waals surface area contributed by atoms with Crippen LogP contribution in [0.5, 0.6) is 0 Å². The highest BCUT2D eigenvalue weighted by Crippen LogP contribution is 2.25. The minimum Gasteiger partial charge on any atom is -0.298 e. The summed E-state index contributed by atoms with van der Waals surface area (Å²) in [6, 6.07) is 9.31. The van der Waals surface area contributed by atoms with Gasteiger partial charge in [-0.05, 0) is 25.5 Å². The van der Waals surface area contributed by atoms with Crippen molar-refractivity contribution in [3.05, 3.63) is 30.3 Å². The van der Waals surface area contributed by atoms with Crippen LogP contribution in [-0.2, 0) is 9.59 Å². The van der Waals surface area contributed by atoms with Crippen molar-refractivity contribution in [3.8, 4) is 0 Å². The number of unbranched alkanes of at least 4 members (excludes halogenated alkanes) is 10. The summed E-state index contributed by atoms with van der Waals surface area (Å²) >= 11 is 0. The van der Waals surface area contributed by atoms with Crippen LogP contribution in [0.1, 0.15) is 90.9 Å². The van der Waals surface area contributed by atoms with E-state index in [9.17, 15) is 9.59 Å². The number of ketones is 1. The van der Waals surface area contributed by atoms with Crippen LogP contribution in [0.15, 0.2) is 35.4 Å². The first-order valence-electron chi connectivity index (χ1n) is 11.1. The van der Waals surface area contributed by atoms with E-state index >= 15 is 0 Å². The summed E-state index contributed by atoms with van der Waals surface area (Å²) in [6.07, 6.45) is 14.3. The van der Waals surface area contributed by atoms with Crippen molar-refractivity contribution in [1.29, 1.82) is 0 Å². The van der Waals surface area contributed by atoms with Gasteiger partial charge in [0.05, 0.1) is 11.4 Å². The molecule has 1 unspecified atom stereocenters. The average Bonchev–Trinajstić information content (AvgIpc) is 3.01. The average molecular weight is 385 g/mol. The van der Waals surface area contributed by atoms with Gasteiger partial charge >= 0.3 is 0 Å². The highest BCUT2D eigenvalue weighted by Gasteiger charge is 2.38. The lowest BCUT2D eigenvalue weighted by molar-refractivity contribution is -0.129. The van der Waals surface area contributed by atoms with Crippen LogP contribution < -0.4 is 5.01 Å². The molecule has 1 aromatic carbocycles. The number of anilines is 1. The van der Waals surface area contributed by atoms with Crippen molar-refractivity contribution in [1.82, 2.24) is 0 Å².